The molecule has 1 unspecified atom stereocenters. The van der Waals surface area contributed by atoms with Gasteiger partial charge in [0.2, 0.25) is 0 Å². The molecule has 0 bridgehead atoms. The maximum atomic E-state index is 11.3. The lowest BCUT2D eigenvalue weighted by molar-refractivity contribution is -0.384. The molecule has 1 aromatic heterocycles. The molecule has 1 atom stereocenters. The van der Waals surface area contributed by atoms with Crippen LogP contribution in [-0.4, -0.2) is 19.6 Å². The fourth-order valence-electron chi connectivity index (χ4n) is 3.23. The lowest BCUT2D eigenvalue weighted by Crippen LogP contribution is -2.07. The molecule has 0 aliphatic heterocycles. The first-order valence-corrected chi connectivity index (χ1v) is 7.90. The molecule has 0 aliphatic carbocycles. The van der Waals surface area contributed by atoms with Crippen molar-refractivity contribution < 1.29 is 10.0 Å². The Kier molecular flexibility index (Phi) is 4.37. The Hall–Kier alpha value is -2.99. The second-order valence-corrected chi connectivity index (χ2v) is 6.22. The zero-order chi connectivity index (χ0) is 18.1. The van der Waals surface area contributed by atoms with E-state index in [1.165, 1.54) is 12.1 Å². The molecule has 3 aromatic rings. The van der Waals surface area contributed by atoms with Gasteiger partial charge in [-0.05, 0) is 49.1 Å². The summed E-state index contributed by atoms with van der Waals surface area (Å²) in [5, 5.41) is 22.2. The number of nitrogens with zero attached hydrogens (tertiary/aromatic N) is 3. The largest absolute Gasteiger partial charge is 0.384 e. The van der Waals surface area contributed by atoms with Crippen molar-refractivity contribution in [2.75, 3.05) is 0 Å². The van der Waals surface area contributed by atoms with E-state index in [0.717, 1.165) is 22.3 Å². The first-order chi connectivity index (χ1) is 11.9. The Morgan fingerprint density at radius 3 is 2.36 bits per heavy atom. The van der Waals surface area contributed by atoms with Crippen LogP contribution in [0.5, 0.6) is 0 Å². The van der Waals surface area contributed by atoms with Gasteiger partial charge in [-0.1, -0.05) is 17.7 Å². The minimum atomic E-state index is -0.942. The zero-order valence-corrected chi connectivity index (χ0v) is 14.3. The summed E-state index contributed by atoms with van der Waals surface area (Å²) < 4.78 is 1.68. The number of aliphatic hydroxyl groups excluding tert-OH is 1. The standard InChI is InChI=1S/C19H19N3O3/c1-12-6-13(2)18(14(3)7-12)19(23)15-8-16(21-5-4-20-11-21)10-17(9-15)22(24)25/h4-11,19,23H,1-3H3. The number of aromatic nitrogens is 2. The number of benzene rings is 2. The van der Waals surface area contributed by atoms with E-state index in [1.807, 2.05) is 32.9 Å². The normalized spacial score (nSPS) is 12.2. The van der Waals surface area contributed by atoms with Gasteiger partial charge in [0.1, 0.15) is 6.10 Å². The van der Waals surface area contributed by atoms with Gasteiger partial charge in [-0.15, -0.1) is 0 Å². The van der Waals surface area contributed by atoms with E-state index in [1.54, 1.807) is 29.4 Å². The zero-order valence-electron chi connectivity index (χ0n) is 14.3. The van der Waals surface area contributed by atoms with Crippen LogP contribution in [0.3, 0.4) is 0 Å². The number of imidazole rings is 1. The Bertz CT molecular complexity index is 910. The molecule has 0 spiro atoms. The van der Waals surface area contributed by atoms with Gasteiger partial charge >= 0.3 is 0 Å². The third-order valence-electron chi connectivity index (χ3n) is 4.27. The molecule has 1 N–H and O–H groups in total. The molecule has 0 saturated heterocycles. The van der Waals surface area contributed by atoms with Crippen LogP contribution in [0.2, 0.25) is 0 Å². The van der Waals surface area contributed by atoms with E-state index >= 15 is 0 Å². The Labute approximate surface area is 145 Å². The van der Waals surface area contributed by atoms with Crippen LogP contribution in [0.25, 0.3) is 5.69 Å². The van der Waals surface area contributed by atoms with Gasteiger partial charge in [-0.3, -0.25) is 10.1 Å². The fraction of sp³-hybridized carbons (Fsp3) is 0.211. The Morgan fingerprint density at radius 1 is 1.12 bits per heavy atom. The quantitative estimate of drug-likeness (QED) is 0.580. The third-order valence-corrected chi connectivity index (χ3v) is 4.27. The van der Waals surface area contributed by atoms with Gasteiger partial charge in [-0.25, -0.2) is 4.98 Å². The number of aryl methyl sites for hydroxylation is 3. The Morgan fingerprint density at radius 2 is 1.80 bits per heavy atom. The van der Waals surface area contributed by atoms with E-state index in [4.69, 9.17) is 0 Å². The summed E-state index contributed by atoms with van der Waals surface area (Å²) in [6.45, 7) is 5.88. The highest BCUT2D eigenvalue weighted by Crippen LogP contribution is 2.32. The highest BCUT2D eigenvalue weighted by molar-refractivity contribution is 5.51. The highest BCUT2D eigenvalue weighted by Gasteiger charge is 2.20. The maximum Gasteiger partial charge on any atom is 0.271 e. The SMILES string of the molecule is Cc1cc(C)c(C(O)c2cc(-n3ccnc3)cc([N+](=O)[O-])c2)c(C)c1. The molecule has 0 radical (unpaired) electrons. The van der Waals surface area contributed by atoms with Gasteiger partial charge in [0.25, 0.3) is 5.69 Å². The van der Waals surface area contributed by atoms with Crippen molar-refractivity contribution in [1.29, 1.82) is 0 Å². The highest BCUT2D eigenvalue weighted by atomic mass is 16.6. The molecule has 1 heterocycles. The van der Waals surface area contributed by atoms with E-state index in [0.29, 0.717) is 11.3 Å². The first kappa shape index (κ1) is 16.9. The van der Waals surface area contributed by atoms with Gasteiger partial charge in [-0.2, -0.15) is 0 Å². The summed E-state index contributed by atoms with van der Waals surface area (Å²) in [7, 11) is 0. The minimum Gasteiger partial charge on any atom is -0.384 e. The Balaban J connectivity index is 2.15. The third kappa shape index (κ3) is 3.29. The van der Waals surface area contributed by atoms with Crippen LogP contribution in [0.4, 0.5) is 5.69 Å². The first-order valence-electron chi connectivity index (χ1n) is 7.90. The molecule has 0 amide bonds. The smallest absolute Gasteiger partial charge is 0.271 e. The van der Waals surface area contributed by atoms with Crippen molar-refractivity contribution in [3.05, 3.63) is 87.0 Å². The van der Waals surface area contributed by atoms with Crippen LogP contribution >= 0.6 is 0 Å². The predicted molar refractivity (Wildman–Crippen MR) is 94.9 cm³/mol. The van der Waals surface area contributed by atoms with Crippen LogP contribution in [0.15, 0.2) is 49.1 Å². The summed E-state index contributed by atoms with van der Waals surface area (Å²) in [6.07, 6.45) is 3.93. The van der Waals surface area contributed by atoms with E-state index in [-0.39, 0.29) is 5.69 Å². The van der Waals surface area contributed by atoms with Crippen LogP contribution in [0.1, 0.15) is 33.9 Å². The van der Waals surface area contributed by atoms with Crippen LogP contribution in [0, 0.1) is 30.9 Å². The summed E-state index contributed by atoms with van der Waals surface area (Å²) in [5.41, 5.74) is 4.81. The number of non-ortho nitro benzene ring substituents is 1. The molecule has 6 nitrogen and oxygen atoms in total. The van der Waals surface area contributed by atoms with Crippen molar-refractivity contribution >= 4 is 5.69 Å². The van der Waals surface area contributed by atoms with E-state index in [2.05, 4.69) is 4.98 Å². The lowest BCUT2D eigenvalue weighted by atomic mass is 9.91. The van der Waals surface area contributed by atoms with Crippen LogP contribution < -0.4 is 0 Å². The molecule has 0 saturated carbocycles. The minimum absolute atomic E-state index is 0.0670. The number of nitro groups is 1. The summed E-state index contributed by atoms with van der Waals surface area (Å²) in [6, 6.07) is 8.63. The van der Waals surface area contributed by atoms with Crippen molar-refractivity contribution in [3.63, 3.8) is 0 Å². The molecular weight excluding hydrogens is 318 g/mol. The molecule has 0 fully saturated rings. The van der Waals surface area contributed by atoms with E-state index < -0.39 is 11.0 Å². The molecule has 0 aliphatic rings. The van der Waals surface area contributed by atoms with E-state index in [9.17, 15) is 15.2 Å². The molecule has 3 rings (SSSR count). The van der Waals surface area contributed by atoms with Gasteiger partial charge in [0.15, 0.2) is 0 Å². The van der Waals surface area contributed by atoms with Gasteiger partial charge in [0.05, 0.1) is 16.9 Å². The molecule has 2 aromatic carbocycles. The van der Waals surface area contributed by atoms with Crippen molar-refractivity contribution in [3.8, 4) is 5.69 Å². The molecule has 6 heteroatoms. The lowest BCUT2D eigenvalue weighted by Gasteiger charge is -2.18. The summed E-state index contributed by atoms with van der Waals surface area (Å²) >= 11 is 0. The molecule has 25 heavy (non-hydrogen) atoms. The maximum absolute atomic E-state index is 11.3. The van der Waals surface area contributed by atoms with Crippen LogP contribution in [-0.2, 0) is 0 Å². The topological polar surface area (TPSA) is 81.2 Å². The number of hydrogen-bond donors (Lipinski definition) is 1. The number of nitro benzene ring substituents is 1. The molecule has 128 valence electrons. The summed E-state index contributed by atoms with van der Waals surface area (Å²) in [5.74, 6) is 0. The van der Waals surface area contributed by atoms with Gasteiger partial charge < -0.3 is 9.67 Å². The average molecular weight is 337 g/mol. The predicted octanol–water partition coefficient (Wildman–Crippen LogP) is 3.79. The van der Waals surface area contributed by atoms with Crippen molar-refractivity contribution in [2.24, 2.45) is 0 Å². The van der Waals surface area contributed by atoms with Crippen molar-refractivity contribution in [1.82, 2.24) is 9.55 Å². The number of rotatable bonds is 4. The fourth-order valence-corrected chi connectivity index (χ4v) is 3.23. The second-order valence-electron chi connectivity index (χ2n) is 6.22. The molecular formula is C19H19N3O3. The van der Waals surface area contributed by atoms with Crippen molar-refractivity contribution in [2.45, 2.75) is 26.9 Å². The second kappa shape index (κ2) is 6.49. The van der Waals surface area contributed by atoms with Gasteiger partial charge in [0, 0.05) is 24.5 Å². The summed E-state index contributed by atoms with van der Waals surface area (Å²) in [4.78, 5) is 14.8. The number of hydrogen-bond acceptors (Lipinski definition) is 4. The monoisotopic (exact) mass is 337 g/mol. The average Bonchev–Trinajstić information content (AvgIpc) is 3.07. The number of aliphatic hydroxyl groups is 1.